The maximum absolute atomic E-state index is 14.2. The highest BCUT2D eigenvalue weighted by atomic mass is 32.1. The van der Waals surface area contributed by atoms with E-state index in [-0.39, 0.29) is 22.5 Å². The van der Waals surface area contributed by atoms with E-state index in [1.165, 1.54) is 29.8 Å². The van der Waals surface area contributed by atoms with Crippen LogP contribution < -0.4 is 16.5 Å². The smallest absolute Gasteiger partial charge is 0.200 e. The summed E-state index contributed by atoms with van der Waals surface area (Å²) in [4.78, 5) is 22.2. The summed E-state index contributed by atoms with van der Waals surface area (Å²) >= 11 is 1.54. The van der Waals surface area contributed by atoms with Gasteiger partial charge in [0.15, 0.2) is 0 Å². The molecule has 6 rings (SSSR count). The summed E-state index contributed by atoms with van der Waals surface area (Å²) in [6, 6.07) is 20.0. The van der Waals surface area contributed by atoms with E-state index in [1.54, 1.807) is 36.4 Å². The molecule has 0 amide bonds. The summed E-state index contributed by atoms with van der Waals surface area (Å²) in [5.74, 6) is 0.301. The molecule has 6 aromatic rings. The highest BCUT2D eigenvalue weighted by Gasteiger charge is 2.25. The predicted octanol–water partition coefficient (Wildman–Crippen LogP) is 6.78. The van der Waals surface area contributed by atoms with Crippen molar-refractivity contribution in [3.05, 3.63) is 117 Å². The minimum absolute atomic E-state index is 0.144. The monoisotopic (exact) mass is 535 g/mol. The molecule has 4 N–H and O–H groups in total. The lowest BCUT2D eigenvalue weighted by atomic mass is 9.98. The van der Waals surface area contributed by atoms with Gasteiger partial charge in [-0.05, 0) is 42.8 Å². The van der Waals surface area contributed by atoms with Gasteiger partial charge in [0.25, 0.3) is 0 Å². The standard InChI is InChI=1S/C30H22FN5O2S/c1-16(28-24(17-7-6-8-18(31)13-17)27(37)20-10-2-4-11-22(20)38-28)36-30-25(29(33)34-15-35-30)26(32)21-14-39-23-12-5-3-9-19(21)23/h2-16,32H,1H3,(H3,33,34,35,36). The minimum Gasteiger partial charge on any atom is -0.458 e. The van der Waals surface area contributed by atoms with Crippen molar-refractivity contribution >= 4 is 49.7 Å². The summed E-state index contributed by atoms with van der Waals surface area (Å²) in [5, 5.41) is 15.6. The van der Waals surface area contributed by atoms with E-state index in [9.17, 15) is 9.18 Å². The molecule has 3 heterocycles. The highest BCUT2D eigenvalue weighted by Crippen LogP contribution is 2.34. The fraction of sp³-hybridized carbons (Fsp3) is 0.0667. The summed E-state index contributed by atoms with van der Waals surface area (Å²) in [5.41, 5.74) is 8.28. The van der Waals surface area contributed by atoms with E-state index in [0.717, 1.165) is 10.1 Å². The Morgan fingerprint density at radius 1 is 1.05 bits per heavy atom. The number of nitrogen functional groups attached to an aromatic ring is 1. The number of hydrogen-bond donors (Lipinski definition) is 3. The molecule has 192 valence electrons. The van der Waals surface area contributed by atoms with E-state index < -0.39 is 11.9 Å². The molecule has 3 aromatic carbocycles. The average molecular weight is 536 g/mol. The van der Waals surface area contributed by atoms with Crippen LogP contribution in [0.4, 0.5) is 16.0 Å². The first-order valence-electron chi connectivity index (χ1n) is 12.2. The Kier molecular flexibility index (Phi) is 6.12. The topological polar surface area (TPSA) is 118 Å². The Morgan fingerprint density at radius 2 is 1.82 bits per heavy atom. The molecule has 9 heteroatoms. The van der Waals surface area contributed by atoms with Gasteiger partial charge in [-0.15, -0.1) is 11.3 Å². The number of thiophene rings is 1. The van der Waals surface area contributed by atoms with Crippen molar-refractivity contribution in [3.8, 4) is 11.1 Å². The van der Waals surface area contributed by atoms with Crippen LogP contribution in [0.1, 0.15) is 29.9 Å². The number of benzene rings is 3. The first kappa shape index (κ1) is 24.4. The first-order valence-corrected chi connectivity index (χ1v) is 13.0. The number of nitrogens with one attached hydrogen (secondary N) is 2. The van der Waals surface area contributed by atoms with Crippen LogP contribution in [0.5, 0.6) is 0 Å². The Hall–Kier alpha value is -4.89. The molecular formula is C30H22FN5O2S. The Bertz CT molecular complexity index is 1950. The van der Waals surface area contributed by atoms with Gasteiger partial charge < -0.3 is 15.5 Å². The van der Waals surface area contributed by atoms with E-state index in [2.05, 4.69) is 15.3 Å². The fourth-order valence-corrected chi connectivity index (χ4v) is 5.67. The van der Waals surface area contributed by atoms with E-state index in [0.29, 0.717) is 39.2 Å². The molecule has 0 aliphatic heterocycles. The molecule has 3 aromatic heterocycles. The van der Waals surface area contributed by atoms with Crippen molar-refractivity contribution in [2.75, 3.05) is 11.1 Å². The van der Waals surface area contributed by atoms with Crippen LogP contribution in [0.25, 0.3) is 32.2 Å². The molecule has 39 heavy (non-hydrogen) atoms. The molecule has 0 bridgehead atoms. The molecule has 0 aliphatic rings. The van der Waals surface area contributed by atoms with E-state index >= 15 is 0 Å². The lowest BCUT2D eigenvalue weighted by Gasteiger charge is -2.20. The van der Waals surface area contributed by atoms with Gasteiger partial charge in [0.2, 0.25) is 5.43 Å². The summed E-state index contributed by atoms with van der Waals surface area (Å²) in [6.45, 7) is 1.81. The lowest BCUT2D eigenvalue weighted by molar-refractivity contribution is 0.515. The fourth-order valence-electron chi connectivity index (χ4n) is 4.71. The summed E-state index contributed by atoms with van der Waals surface area (Å²) in [6.07, 6.45) is 1.32. The Morgan fingerprint density at radius 3 is 2.64 bits per heavy atom. The highest BCUT2D eigenvalue weighted by molar-refractivity contribution is 7.17. The second-order valence-electron chi connectivity index (χ2n) is 9.05. The van der Waals surface area contributed by atoms with Crippen LogP contribution in [0.15, 0.2) is 93.7 Å². The van der Waals surface area contributed by atoms with Gasteiger partial charge in [0, 0.05) is 21.0 Å². The zero-order valence-corrected chi connectivity index (χ0v) is 21.6. The van der Waals surface area contributed by atoms with Gasteiger partial charge in [-0.3, -0.25) is 10.2 Å². The van der Waals surface area contributed by atoms with Crippen molar-refractivity contribution < 1.29 is 8.81 Å². The van der Waals surface area contributed by atoms with Gasteiger partial charge in [0.1, 0.15) is 35.1 Å². The van der Waals surface area contributed by atoms with Crippen LogP contribution >= 0.6 is 11.3 Å². The maximum atomic E-state index is 14.2. The van der Waals surface area contributed by atoms with Gasteiger partial charge >= 0.3 is 0 Å². The lowest BCUT2D eigenvalue weighted by Crippen LogP contribution is -2.18. The first-order chi connectivity index (χ1) is 18.9. The van der Waals surface area contributed by atoms with Crippen molar-refractivity contribution in [1.29, 1.82) is 5.41 Å². The molecule has 0 saturated heterocycles. The molecule has 7 nitrogen and oxygen atoms in total. The summed E-state index contributed by atoms with van der Waals surface area (Å²) in [7, 11) is 0. The molecule has 0 radical (unpaired) electrons. The van der Waals surface area contributed by atoms with E-state index in [1.807, 2.05) is 36.6 Å². The average Bonchev–Trinajstić information content (AvgIpc) is 3.37. The zero-order valence-electron chi connectivity index (χ0n) is 20.7. The van der Waals surface area contributed by atoms with Crippen molar-refractivity contribution in [3.63, 3.8) is 0 Å². The summed E-state index contributed by atoms with van der Waals surface area (Å²) < 4.78 is 21.5. The number of nitrogens with zero attached hydrogens (tertiary/aromatic N) is 2. The minimum atomic E-state index is -0.611. The molecule has 0 aliphatic carbocycles. The number of nitrogens with two attached hydrogens (primary N) is 1. The van der Waals surface area contributed by atoms with Crippen LogP contribution in [0.2, 0.25) is 0 Å². The maximum Gasteiger partial charge on any atom is 0.200 e. The van der Waals surface area contributed by atoms with Crippen LogP contribution in [-0.2, 0) is 0 Å². The third-order valence-corrected chi connectivity index (χ3v) is 7.53. The Balaban J connectivity index is 1.47. The number of rotatable bonds is 6. The van der Waals surface area contributed by atoms with E-state index in [4.69, 9.17) is 15.6 Å². The largest absolute Gasteiger partial charge is 0.458 e. The van der Waals surface area contributed by atoms with Gasteiger partial charge in [-0.1, -0.05) is 42.5 Å². The quantitative estimate of drug-likeness (QED) is 0.203. The number of aromatic nitrogens is 2. The van der Waals surface area contributed by atoms with Crippen LogP contribution in [0, 0.1) is 11.2 Å². The molecule has 0 fully saturated rings. The van der Waals surface area contributed by atoms with Crippen molar-refractivity contribution in [1.82, 2.24) is 9.97 Å². The van der Waals surface area contributed by atoms with Gasteiger partial charge in [-0.2, -0.15) is 0 Å². The van der Waals surface area contributed by atoms with Crippen molar-refractivity contribution in [2.45, 2.75) is 13.0 Å². The van der Waals surface area contributed by atoms with Crippen LogP contribution in [0.3, 0.4) is 0 Å². The van der Waals surface area contributed by atoms with Gasteiger partial charge in [0.05, 0.1) is 28.3 Å². The zero-order chi connectivity index (χ0) is 27.1. The third-order valence-electron chi connectivity index (χ3n) is 6.56. The number of anilines is 2. The van der Waals surface area contributed by atoms with Crippen LogP contribution in [-0.4, -0.2) is 15.7 Å². The Labute approximate surface area is 226 Å². The second-order valence-corrected chi connectivity index (χ2v) is 9.96. The van der Waals surface area contributed by atoms with Gasteiger partial charge in [-0.25, -0.2) is 14.4 Å². The molecular weight excluding hydrogens is 513 g/mol. The molecule has 0 saturated carbocycles. The number of halogens is 1. The third kappa shape index (κ3) is 4.32. The molecule has 1 atom stereocenters. The molecule has 1 unspecified atom stereocenters. The SMILES string of the molecule is CC(Nc1ncnc(N)c1C(=N)c1csc2ccccc12)c1oc2ccccc2c(=O)c1-c1cccc(F)c1. The number of para-hydroxylation sites is 1. The van der Waals surface area contributed by atoms with Crippen molar-refractivity contribution in [2.24, 2.45) is 0 Å². The normalized spacial score (nSPS) is 12.1. The predicted molar refractivity (Wildman–Crippen MR) is 154 cm³/mol. The number of fused-ring (bicyclic) bond motifs is 2. The molecule has 0 spiro atoms. The second kappa shape index (κ2) is 9.77. The number of hydrogen-bond acceptors (Lipinski definition) is 8.